The van der Waals surface area contributed by atoms with Crippen LogP contribution in [0.25, 0.3) is 0 Å². The van der Waals surface area contributed by atoms with Gasteiger partial charge < -0.3 is 11.1 Å². The topological polar surface area (TPSA) is 72.2 Å². The maximum atomic E-state index is 12.6. The van der Waals surface area contributed by atoms with E-state index < -0.39 is 10.8 Å². The number of rotatable bonds is 5. The molecule has 1 unspecified atom stereocenters. The highest BCUT2D eigenvalue weighted by atomic mass is 32.2. The molecule has 1 aliphatic rings. The first-order valence-electron chi connectivity index (χ1n) is 9.16. The van der Waals surface area contributed by atoms with E-state index in [1.54, 1.807) is 12.1 Å². The van der Waals surface area contributed by atoms with Gasteiger partial charge in [-0.05, 0) is 55.2 Å². The van der Waals surface area contributed by atoms with Crippen molar-refractivity contribution in [2.24, 2.45) is 0 Å². The zero-order chi connectivity index (χ0) is 18.5. The van der Waals surface area contributed by atoms with Gasteiger partial charge in [-0.2, -0.15) is 0 Å². The Morgan fingerprint density at radius 2 is 1.92 bits per heavy atom. The molecule has 0 saturated heterocycles. The summed E-state index contributed by atoms with van der Waals surface area (Å²) in [5, 5.41) is 3.24. The van der Waals surface area contributed by atoms with Crippen molar-refractivity contribution in [1.29, 1.82) is 0 Å². The van der Waals surface area contributed by atoms with E-state index in [0.717, 1.165) is 29.7 Å². The molecule has 0 aromatic heterocycles. The molecule has 1 amide bonds. The maximum Gasteiger partial charge on any atom is 0.256 e. The molecule has 0 heterocycles. The summed E-state index contributed by atoms with van der Waals surface area (Å²) >= 11 is 0. The number of anilines is 2. The molecule has 1 saturated carbocycles. The lowest BCUT2D eigenvalue weighted by Gasteiger charge is -2.21. The number of carbonyl (C=O) groups excluding carboxylic acids is 1. The van der Waals surface area contributed by atoms with Crippen LogP contribution in [0.2, 0.25) is 0 Å². The van der Waals surface area contributed by atoms with E-state index >= 15 is 0 Å². The minimum atomic E-state index is -0.850. The summed E-state index contributed by atoms with van der Waals surface area (Å²) in [6.45, 7) is 1.89. The Hall–Kier alpha value is -2.14. The lowest BCUT2D eigenvalue weighted by molar-refractivity contribution is 0.102. The molecule has 0 bridgehead atoms. The van der Waals surface area contributed by atoms with Gasteiger partial charge in [-0.15, -0.1) is 0 Å². The second-order valence-corrected chi connectivity index (χ2v) is 8.73. The van der Waals surface area contributed by atoms with Crippen LogP contribution in [0, 0.1) is 6.92 Å². The molecule has 4 nitrogen and oxygen atoms in total. The van der Waals surface area contributed by atoms with E-state index in [-0.39, 0.29) is 5.91 Å². The second kappa shape index (κ2) is 8.49. The summed E-state index contributed by atoms with van der Waals surface area (Å²) in [5.41, 5.74) is 9.53. The summed E-state index contributed by atoms with van der Waals surface area (Å²) < 4.78 is 12.6. The van der Waals surface area contributed by atoms with E-state index in [2.05, 4.69) is 5.32 Å². The molecule has 1 fully saturated rings. The highest BCUT2D eigenvalue weighted by Crippen LogP contribution is 2.24. The van der Waals surface area contributed by atoms with Crippen LogP contribution in [-0.4, -0.2) is 15.4 Å². The van der Waals surface area contributed by atoms with Gasteiger partial charge in [0.25, 0.3) is 5.91 Å². The molecular weight excluding hydrogens is 344 g/mol. The maximum absolute atomic E-state index is 12.6. The molecule has 1 aliphatic carbocycles. The van der Waals surface area contributed by atoms with E-state index in [9.17, 15) is 9.00 Å². The predicted octanol–water partition coefficient (Wildman–Crippen LogP) is 4.41. The number of nitrogens with two attached hydrogens (primary N) is 1. The van der Waals surface area contributed by atoms with Crippen LogP contribution >= 0.6 is 0 Å². The van der Waals surface area contributed by atoms with Gasteiger partial charge in [0, 0.05) is 38.7 Å². The fraction of sp³-hybridized carbons (Fsp3) is 0.381. The third-order valence-corrected chi connectivity index (χ3v) is 6.76. The minimum Gasteiger partial charge on any atom is -0.399 e. The Morgan fingerprint density at radius 1 is 1.15 bits per heavy atom. The van der Waals surface area contributed by atoms with E-state index in [1.165, 1.54) is 19.3 Å². The first-order chi connectivity index (χ1) is 12.5. The highest BCUT2D eigenvalue weighted by molar-refractivity contribution is 7.84. The van der Waals surface area contributed by atoms with Crippen LogP contribution in [-0.2, 0) is 16.6 Å². The Labute approximate surface area is 157 Å². The van der Waals surface area contributed by atoms with Crippen LogP contribution in [0.4, 0.5) is 11.4 Å². The van der Waals surface area contributed by atoms with Crippen LogP contribution in [0.5, 0.6) is 0 Å². The summed E-state index contributed by atoms with van der Waals surface area (Å²) in [5.74, 6) is 0.367. The summed E-state index contributed by atoms with van der Waals surface area (Å²) in [7, 11) is -0.850. The number of benzene rings is 2. The fourth-order valence-electron chi connectivity index (χ4n) is 3.43. The first-order valence-corrected chi connectivity index (χ1v) is 10.5. The molecule has 1 atom stereocenters. The monoisotopic (exact) mass is 370 g/mol. The molecule has 0 spiro atoms. The molecule has 138 valence electrons. The van der Waals surface area contributed by atoms with Crippen LogP contribution in [0.1, 0.15) is 53.6 Å². The van der Waals surface area contributed by atoms with Crippen molar-refractivity contribution in [3.63, 3.8) is 0 Å². The van der Waals surface area contributed by atoms with Gasteiger partial charge in [-0.25, -0.2) is 0 Å². The Bertz CT molecular complexity index is 813. The second-order valence-electron chi connectivity index (χ2n) is 7.01. The highest BCUT2D eigenvalue weighted by Gasteiger charge is 2.20. The van der Waals surface area contributed by atoms with E-state index in [0.29, 0.717) is 22.3 Å². The number of nitrogen functional groups attached to an aromatic ring is 1. The Morgan fingerprint density at radius 3 is 2.69 bits per heavy atom. The SMILES string of the molecule is Cc1ccc(N)cc1C(=O)Nc1cccc(CS(=O)C2CCCCC2)c1. The van der Waals surface area contributed by atoms with E-state index in [1.807, 2.05) is 37.3 Å². The molecule has 26 heavy (non-hydrogen) atoms. The Kier molecular flexibility index (Phi) is 6.09. The van der Waals surface area contributed by atoms with E-state index in [4.69, 9.17) is 5.73 Å². The van der Waals surface area contributed by atoms with Gasteiger partial charge in [-0.3, -0.25) is 9.00 Å². The van der Waals surface area contributed by atoms with Crippen molar-refractivity contribution < 1.29 is 9.00 Å². The quantitative estimate of drug-likeness (QED) is 0.766. The molecular formula is C21H26N2O2S. The Balaban J connectivity index is 1.68. The normalized spacial score (nSPS) is 16.2. The zero-order valence-electron chi connectivity index (χ0n) is 15.2. The third-order valence-electron chi connectivity index (χ3n) is 4.92. The first kappa shape index (κ1) is 18.6. The van der Waals surface area contributed by atoms with Crippen molar-refractivity contribution in [1.82, 2.24) is 0 Å². The number of nitrogens with one attached hydrogen (secondary N) is 1. The van der Waals surface area contributed by atoms with Gasteiger partial charge >= 0.3 is 0 Å². The van der Waals surface area contributed by atoms with Gasteiger partial charge in [0.05, 0.1) is 0 Å². The van der Waals surface area contributed by atoms with Crippen molar-refractivity contribution >= 4 is 28.1 Å². The summed E-state index contributed by atoms with van der Waals surface area (Å²) in [6, 6.07) is 13.0. The van der Waals surface area contributed by atoms with Crippen molar-refractivity contribution in [3.8, 4) is 0 Å². The average Bonchev–Trinajstić information content (AvgIpc) is 2.64. The molecule has 0 radical (unpaired) electrons. The standard InChI is InChI=1S/C21H26N2O2S/c1-15-10-11-17(22)13-20(15)21(24)23-18-7-5-6-16(12-18)14-26(25)19-8-3-2-4-9-19/h5-7,10-13,19H,2-4,8-9,14,22H2,1H3,(H,23,24). The van der Waals surface area contributed by atoms with Gasteiger partial charge in [0.2, 0.25) is 0 Å². The molecule has 2 aromatic carbocycles. The van der Waals surface area contributed by atoms with Crippen molar-refractivity contribution in [2.45, 2.75) is 50.0 Å². The number of hydrogen-bond donors (Lipinski definition) is 2. The average molecular weight is 371 g/mol. The molecule has 3 N–H and O–H groups in total. The summed E-state index contributed by atoms with van der Waals surface area (Å²) in [6.07, 6.45) is 5.77. The van der Waals surface area contributed by atoms with Crippen LogP contribution in [0.3, 0.4) is 0 Å². The fourth-order valence-corrected chi connectivity index (χ4v) is 5.03. The largest absolute Gasteiger partial charge is 0.399 e. The van der Waals surface area contributed by atoms with Crippen LogP contribution < -0.4 is 11.1 Å². The molecule has 3 rings (SSSR count). The number of carbonyl (C=O) groups is 1. The number of amides is 1. The predicted molar refractivity (Wildman–Crippen MR) is 109 cm³/mol. The van der Waals surface area contributed by atoms with Crippen molar-refractivity contribution in [2.75, 3.05) is 11.1 Å². The summed E-state index contributed by atoms with van der Waals surface area (Å²) in [4.78, 5) is 12.5. The van der Waals surface area contributed by atoms with Gasteiger partial charge in [0.1, 0.15) is 0 Å². The lowest BCUT2D eigenvalue weighted by atomic mass is 10.0. The smallest absolute Gasteiger partial charge is 0.256 e. The van der Waals surface area contributed by atoms with Crippen LogP contribution in [0.15, 0.2) is 42.5 Å². The lowest BCUT2D eigenvalue weighted by Crippen LogP contribution is -2.20. The number of aryl methyl sites for hydroxylation is 1. The molecule has 5 heteroatoms. The molecule has 0 aliphatic heterocycles. The van der Waals surface area contributed by atoms with Gasteiger partial charge in [0.15, 0.2) is 0 Å². The van der Waals surface area contributed by atoms with Crippen molar-refractivity contribution in [3.05, 3.63) is 59.2 Å². The molecule has 2 aromatic rings. The van der Waals surface area contributed by atoms with Gasteiger partial charge in [-0.1, -0.05) is 37.5 Å². The zero-order valence-corrected chi connectivity index (χ0v) is 16.0. The minimum absolute atomic E-state index is 0.180. The number of hydrogen-bond acceptors (Lipinski definition) is 3. The third kappa shape index (κ3) is 4.73.